The van der Waals surface area contributed by atoms with E-state index in [0.717, 1.165) is 6.42 Å². The van der Waals surface area contributed by atoms with Crippen LogP contribution in [0.25, 0.3) is 0 Å². The molecule has 1 atom stereocenters. The predicted molar refractivity (Wildman–Crippen MR) is 67.7 cm³/mol. The van der Waals surface area contributed by atoms with E-state index in [2.05, 4.69) is 10.2 Å². The van der Waals surface area contributed by atoms with Gasteiger partial charge in [0.25, 0.3) is 5.91 Å². The van der Waals surface area contributed by atoms with Crippen molar-refractivity contribution >= 4 is 11.6 Å². The van der Waals surface area contributed by atoms with Crippen molar-refractivity contribution in [3.63, 3.8) is 0 Å². The van der Waals surface area contributed by atoms with E-state index in [9.17, 15) is 14.9 Å². The van der Waals surface area contributed by atoms with Crippen LogP contribution in [0.15, 0.2) is 0 Å². The molecule has 104 valence electrons. The van der Waals surface area contributed by atoms with Gasteiger partial charge in [-0.25, -0.2) is 0 Å². The summed E-state index contributed by atoms with van der Waals surface area (Å²) < 4.78 is 0. The average Bonchev–Trinajstić information content (AvgIpc) is 2.93. The van der Waals surface area contributed by atoms with E-state index in [1.54, 1.807) is 4.90 Å². The Hall–Kier alpha value is -1.96. The molecule has 0 spiro atoms. The van der Waals surface area contributed by atoms with Crippen molar-refractivity contribution in [1.82, 2.24) is 15.1 Å². The summed E-state index contributed by atoms with van der Waals surface area (Å²) in [4.78, 5) is 24.2. The van der Waals surface area contributed by atoms with Crippen molar-refractivity contribution in [3.8, 4) is 0 Å². The Bertz CT molecular complexity index is 526. The number of rotatable bonds is 3. The Balaban J connectivity index is 2.25. The summed E-state index contributed by atoms with van der Waals surface area (Å²) in [6, 6.07) is 0. The Morgan fingerprint density at radius 1 is 1.68 bits per heavy atom. The monoisotopic (exact) mass is 267 g/mol. The Labute approximate surface area is 110 Å². The van der Waals surface area contributed by atoms with Crippen LogP contribution in [0.2, 0.25) is 0 Å². The summed E-state index contributed by atoms with van der Waals surface area (Å²) in [6.45, 7) is 5.07. The summed E-state index contributed by atoms with van der Waals surface area (Å²) >= 11 is 0. The van der Waals surface area contributed by atoms with Crippen molar-refractivity contribution in [2.75, 3.05) is 19.6 Å². The number of nitrogens with one attached hydrogen (secondary N) is 1. The number of aromatic amines is 1. The second-order valence-electron chi connectivity index (χ2n) is 5.29. The van der Waals surface area contributed by atoms with Gasteiger partial charge in [-0.2, -0.15) is 5.10 Å². The molecule has 1 aliphatic heterocycles. The maximum absolute atomic E-state index is 12.3. The minimum Gasteiger partial charge on any atom is -0.336 e. The zero-order valence-electron chi connectivity index (χ0n) is 11.0. The highest BCUT2D eigenvalue weighted by atomic mass is 16.6. The number of carbonyl (C=O) groups excluding carboxylic acids is 1. The lowest BCUT2D eigenvalue weighted by atomic mass is 9.90. The number of aromatic nitrogens is 2. The second-order valence-corrected chi connectivity index (χ2v) is 5.29. The minimum absolute atomic E-state index is 0.115. The van der Waals surface area contributed by atoms with E-state index in [4.69, 9.17) is 5.73 Å². The zero-order chi connectivity index (χ0) is 14.2. The van der Waals surface area contributed by atoms with Crippen LogP contribution in [-0.2, 0) is 0 Å². The number of nitrogens with two attached hydrogens (primary N) is 1. The number of hydrogen-bond donors (Lipinski definition) is 2. The van der Waals surface area contributed by atoms with Crippen molar-refractivity contribution < 1.29 is 9.72 Å². The fourth-order valence-corrected chi connectivity index (χ4v) is 2.31. The van der Waals surface area contributed by atoms with E-state index in [0.29, 0.717) is 19.6 Å². The highest BCUT2D eigenvalue weighted by Gasteiger charge is 2.38. The molecule has 8 heteroatoms. The normalized spacial score (nSPS) is 22.8. The van der Waals surface area contributed by atoms with E-state index in [1.807, 2.05) is 6.92 Å². The summed E-state index contributed by atoms with van der Waals surface area (Å²) in [7, 11) is 0. The Morgan fingerprint density at radius 2 is 2.37 bits per heavy atom. The first kappa shape index (κ1) is 13.5. The fraction of sp³-hybridized carbons (Fsp3) is 0.636. The van der Waals surface area contributed by atoms with Gasteiger partial charge in [0.2, 0.25) is 5.69 Å². The molecule has 8 nitrogen and oxygen atoms in total. The third-order valence-electron chi connectivity index (χ3n) is 3.64. The molecular formula is C11H17N5O3. The van der Waals surface area contributed by atoms with Crippen LogP contribution in [-0.4, -0.2) is 45.6 Å². The molecule has 1 fully saturated rings. The minimum atomic E-state index is -0.579. The lowest BCUT2D eigenvalue weighted by molar-refractivity contribution is -0.385. The van der Waals surface area contributed by atoms with Crippen LogP contribution in [0.3, 0.4) is 0 Å². The molecule has 1 saturated heterocycles. The van der Waals surface area contributed by atoms with Crippen LogP contribution in [0, 0.1) is 22.5 Å². The van der Waals surface area contributed by atoms with Crippen molar-refractivity contribution in [3.05, 3.63) is 21.5 Å². The quantitative estimate of drug-likeness (QED) is 0.608. The Kier molecular flexibility index (Phi) is 3.27. The van der Waals surface area contributed by atoms with Gasteiger partial charge in [-0.3, -0.25) is 20.0 Å². The first-order chi connectivity index (χ1) is 8.88. The molecule has 2 heterocycles. The second kappa shape index (κ2) is 4.61. The third-order valence-corrected chi connectivity index (χ3v) is 3.64. The number of likely N-dealkylation sites (tertiary alicyclic amines) is 1. The molecule has 1 unspecified atom stereocenters. The first-order valence-corrected chi connectivity index (χ1v) is 6.07. The lowest BCUT2D eigenvalue weighted by Gasteiger charge is -2.21. The molecule has 0 aliphatic carbocycles. The molecule has 0 bridgehead atoms. The average molecular weight is 267 g/mol. The largest absolute Gasteiger partial charge is 0.336 e. The molecule has 1 amide bonds. The van der Waals surface area contributed by atoms with Crippen molar-refractivity contribution in [2.45, 2.75) is 20.3 Å². The molecule has 1 aliphatic rings. The van der Waals surface area contributed by atoms with E-state index in [-0.39, 0.29) is 22.5 Å². The predicted octanol–water partition coefficient (Wildman–Crippen LogP) is 0.437. The van der Waals surface area contributed by atoms with Gasteiger partial charge in [-0.1, -0.05) is 6.92 Å². The number of hydrogen-bond acceptors (Lipinski definition) is 5. The SMILES string of the molecule is Cc1[nH]nc(C(=O)N2CCC(C)(CN)C2)c1[N+](=O)[O-]. The summed E-state index contributed by atoms with van der Waals surface area (Å²) in [5.74, 6) is -0.409. The molecule has 2 rings (SSSR count). The van der Waals surface area contributed by atoms with Gasteiger partial charge < -0.3 is 10.6 Å². The number of amides is 1. The molecular weight excluding hydrogens is 250 g/mol. The standard InChI is InChI=1S/C11H17N5O3/c1-7-9(16(18)19)8(14-13-7)10(17)15-4-3-11(2,5-12)6-15/h3-6,12H2,1-2H3,(H,13,14). The van der Waals surface area contributed by atoms with Crippen molar-refractivity contribution in [1.29, 1.82) is 0 Å². The van der Waals surface area contributed by atoms with Crippen LogP contribution in [0.5, 0.6) is 0 Å². The van der Waals surface area contributed by atoms with Crippen LogP contribution < -0.4 is 5.73 Å². The van der Waals surface area contributed by atoms with Gasteiger partial charge in [-0.15, -0.1) is 0 Å². The van der Waals surface area contributed by atoms with Crippen LogP contribution >= 0.6 is 0 Å². The first-order valence-electron chi connectivity index (χ1n) is 6.07. The highest BCUT2D eigenvalue weighted by Crippen LogP contribution is 2.31. The van der Waals surface area contributed by atoms with E-state index >= 15 is 0 Å². The van der Waals surface area contributed by atoms with Gasteiger partial charge in [0.05, 0.1) is 4.92 Å². The highest BCUT2D eigenvalue weighted by molar-refractivity contribution is 5.96. The number of aryl methyl sites for hydroxylation is 1. The summed E-state index contributed by atoms with van der Waals surface area (Å²) in [5.41, 5.74) is 5.49. The molecule has 1 aromatic rings. The molecule has 19 heavy (non-hydrogen) atoms. The molecule has 3 N–H and O–H groups in total. The number of nitro groups is 1. The summed E-state index contributed by atoms with van der Waals surface area (Å²) in [5, 5.41) is 17.2. The molecule has 0 radical (unpaired) electrons. The van der Waals surface area contributed by atoms with Gasteiger partial charge in [-0.05, 0) is 25.3 Å². The van der Waals surface area contributed by atoms with Gasteiger partial charge in [0.1, 0.15) is 5.69 Å². The fourth-order valence-electron chi connectivity index (χ4n) is 2.31. The maximum Gasteiger partial charge on any atom is 0.322 e. The van der Waals surface area contributed by atoms with E-state index in [1.165, 1.54) is 6.92 Å². The topological polar surface area (TPSA) is 118 Å². The lowest BCUT2D eigenvalue weighted by Crippen LogP contribution is -2.34. The van der Waals surface area contributed by atoms with Crippen LogP contribution in [0.4, 0.5) is 5.69 Å². The third kappa shape index (κ3) is 2.30. The smallest absolute Gasteiger partial charge is 0.322 e. The molecule has 0 aromatic carbocycles. The van der Waals surface area contributed by atoms with Crippen molar-refractivity contribution in [2.24, 2.45) is 11.1 Å². The van der Waals surface area contributed by atoms with Crippen LogP contribution in [0.1, 0.15) is 29.5 Å². The summed E-state index contributed by atoms with van der Waals surface area (Å²) in [6.07, 6.45) is 0.798. The number of carbonyl (C=O) groups is 1. The number of H-pyrrole nitrogens is 1. The van der Waals surface area contributed by atoms with Gasteiger partial charge in [0.15, 0.2) is 0 Å². The van der Waals surface area contributed by atoms with Gasteiger partial charge >= 0.3 is 5.69 Å². The van der Waals surface area contributed by atoms with E-state index < -0.39 is 10.8 Å². The Morgan fingerprint density at radius 3 is 2.89 bits per heavy atom. The van der Waals surface area contributed by atoms with Gasteiger partial charge in [0, 0.05) is 13.1 Å². The maximum atomic E-state index is 12.3. The molecule has 0 saturated carbocycles. The zero-order valence-corrected chi connectivity index (χ0v) is 11.0. The molecule has 1 aromatic heterocycles. The number of nitrogens with zero attached hydrogens (tertiary/aromatic N) is 3.